The van der Waals surface area contributed by atoms with Gasteiger partial charge in [-0.15, -0.1) is 11.3 Å². The predicted octanol–water partition coefficient (Wildman–Crippen LogP) is 3.59. The summed E-state index contributed by atoms with van der Waals surface area (Å²) < 4.78 is 11.6. The molecule has 0 bridgehead atoms. The number of rotatable bonds is 4. The molecule has 0 radical (unpaired) electrons. The van der Waals surface area contributed by atoms with Crippen molar-refractivity contribution in [1.82, 2.24) is 15.0 Å². The van der Waals surface area contributed by atoms with Crippen molar-refractivity contribution in [1.29, 1.82) is 0 Å². The Labute approximate surface area is 146 Å². The molecule has 2 aliphatic heterocycles. The summed E-state index contributed by atoms with van der Waals surface area (Å²) >= 11 is 1.79. The zero-order chi connectivity index (χ0) is 16.3. The van der Waals surface area contributed by atoms with Crippen molar-refractivity contribution in [2.24, 2.45) is 5.92 Å². The van der Waals surface area contributed by atoms with Crippen LogP contribution in [-0.4, -0.2) is 34.2 Å². The molecule has 5 nitrogen and oxygen atoms in total. The third kappa shape index (κ3) is 2.61. The molecule has 2 aromatic rings. The highest BCUT2D eigenvalue weighted by atomic mass is 32.1. The Morgan fingerprint density at radius 1 is 1.29 bits per heavy atom. The third-order valence-electron chi connectivity index (χ3n) is 5.69. The van der Waals surface area contributed by atoms with Gasteiger partial charge in [-0.05, 0) is 33.1 Å². The van der Waals surface area contributed by atoms with Gasteiger partial charge in [0.15, 0.2) is 0 Å². The van der Waals surface area contributed by atoms with Crippen molar-refractivity contribution in [3.8, 4) is 0 Å². The Hall–Kier alpha value is -1.24. The fourth-order valence-electron chi connectivity index (χ4n) is 4.10. The van der Waals surface area contributed by atoms with Gasteiger partial charge in [-0.3, -0.25) is 4.90 Å². The second-order valence-corrected chi connectivity index (χ2v) is 8.43. The number of aromatic nitrogens is 2. The molecule has 6 heteroatoms. The van der Waals surface area contributed by atoms with Crippen LogP contribution in [0.15, 0.2) is 9.90 Å². The minimum Gasteiger partial charge on any atom is -0.366 e. The molecule has 3 fully saturated rings. The molecule has 0 unspecified atom stereocenters. The summed E-state index contributed by atoms with van der Waals surface area (Å²) in [6, 6.07) is 0. The van der Waals surface area contributed by atoms with Crippen LogP contribution in [0.1, 0.15) is 59.0 Å². The molecule has 2 aromatic heterocycles. The summed E-state index contributed by atoms with van der Waals surface area (Å²) in [6.45, 7) is 7.05. The second-order valence-electron chi connectivity index (χ2n) is 7.54. The Balaban J connectivity index is 1.22. The van der Waals surface area contributed by atoms with Crippen LogP contribution < -0.4 is 0 Å². The highest BCUT2D eigenvalue weighted by Gasteiger charge is 2.43. The Kier molecular flexibility index (Phi) is 3.54. The van der Waals surface area contributed by atoms with Crippen LogP contribution in [-0.2, 0) is 11.3 Å². The van der Waals surface area contributed by atoms with Crippen molar-refractivity contribution >= 4 is 11.3 Å². The van der Waals surface area contributed by atoms with Crippen molar-refractivity contribution in [3.63, 3.8) is 0 Å². The van der Waals surface area contributed by atoms with E-state index in [1.165, 1.54) is 29.1 Å². The van der Waals surface area contributed by atoms with Gasteiger partial charge in [0.1, 0.15) is 16.9 Å². The fourth-order valence-corrected chi connectivity index (χ4v) is 5.05. The number of nitrogens with zero attached hydrogens (tertiary/aromatic N) is 3. The molecule has 0 spiro atoms. The van der Waals surface area contributed by atoms with Gasteiger partial charge in [0.05, 0.1) is 17.5 Å². The lowest BCUT2D eigenvalue weighted by molar-refractivity contribution is 0.0369. The molecule has 3 atom stereocenters. The molecule has 0 aromatic carbocycles. The van der Waals surface area contributed by atoms with Gasteiger partial charge in [-0.25, -0.2) is 4.98 Å². The summed E-state index contributed by atoms with van der Waals surface area (Å²) in [7, 11) is 0. The highest BCUT2D eigenvalue weighted by molar-refractivity contribution is 7.09. The number of aryl methyl sites for hydroxylation is 2. The number of ether oxygens (including phenoxy) is 1. The van der Waals surface area contributed by atoms with Crippen LogP contribution in [0.3, 0.4) is 0 Å². The summed E-state index contributed by atoms with van der Waals surface area (Å²) in [5.41, 5.74) is 3.55. The first-order valence-electron chi connectivity index (χ1n) is 8.92. The van der Waals surface area contributed by atoms with E-state index in [2.05, 4.69) is 15.4 Å². The molecule has 4 heterocycles. The van der Waals surface area contributed by atoms with Gasteiger partial charge >= 0.3 is 0 Å². The maximum Gasteiger partial charge on any atom is 0.138 e. The number of thiazole rings is 1. The van der Waals surface area contributed by atoms with E-state index < -0.39 is 0 Å². The number of fused-ring (bicyclic) bond motifs is 1. The van der Waals surface area contributed by atoms with Crippen molar-refractivity contribution in [2.45, 2.75) is 57.8 Å². The SMILES string of the molecule is Cc1noc(C)c1CN1C[C@@H]2C[C@@H](c3nc(C4CC4)cs3)O[C@@H]2C1. The van der Waals surface area contributed by atoms with Gasteiger partial charge < -0.3 is 9.26 Å². The van der Waals surface area contributed by atoms with Crippen molar-refractivity contribution < 1.29 is 9.26 Å². The van der Waals surface area contributed by atoms with E-state index >= 15 is 0 Å². The molecule has 0 N–H and O–H groups in total. The lowest BCUT2D eigenvalue weighted by Gasteiger charge is -2.18. The van der Waals surface area contributed by atoms with Gasteiger partial charge in [0.2, 0.25) is 0 Å². The molecule has 128 valence electrons. The van der Waals surface area contributed by atoms with E-state index in [1.807, 2.05) is 13.8 Å². The minimum absolute atomic E-state index is 0.221. The zero-order valence-electron chi connectivity index (χ0n) is 14.2. The van der Waals surface area contributed by atoms with Gasteiger partial charge in [0, 0.05) is 42.4 Å². The maximum absolute atomic E-state index is 6.36. The number of hydrogen-bond donors (Lipinski definition) is 0. The standard InChI is InChI=1S/C18H23N3O2S/c1-10-14(11(2)23-20-10)7-21-6-13-5-16(22-17(13)8-21)18-19-15(9-24-18)12-3-4-12/h9,12-13,16-17H,3-8H2,1-2H3/t13-,16-,17+/m0/s1. The van der Waals surface area contributed by atoms with Crippen molar-refractivity contribution in [3.05, 3.63) is 33.1 Å². The Morgan fingerprint density at radius 2 is 2.17 bits per heavy atom. The topological polar surface area (TPSA) is 51.4 Å². The van der Waals surface area contributed by atoms with Crippen LogP contribution in [0, 0.1) is 19.8 Å². The Morgan fingerprint density at radius 3 is 2.88 bits per heavy atom. The molecule has 1 saturated carbocycles. The fraction of sp³-hybridized carbons (Fsp3) is 0.667. The van der Waals surface area contributed by atoms with Crippen LogP contribution in [0.4, 0.5) is 0 Å². The first kappa shape index (κ1) is 15.0. The average Bonchev–Trinajstić information content (AvgIpc) is 2.89. The summed E-state index contributed by atoms with van der Waals surface area (Å²) in [4.78, 5) is 7.33. The van der Waals surface area contributed by atoms with Crippen LogP contribution in [0.2, 0.25) is 0 Å². The molecular weight excluding hydrogens is 322 g/mol. The quantitative estimate of drug-likeness (QED) is 0.848. The first-order chi connectivity index (χ1) is 11.7. The second kappa shape index (κ2) is 5.64. The lowest BCUT2D eigenvalue weighted by atomic mass is 10.0. The van der Waals surface area contributed by atoms with E-state index in [0.29, 0.717) is 12.0 Å². The monoisotopic (exact) mass is 345 g/mol. The maximum atomic E-state index is 6.36. The smallest absolute Gasteiger partial charge is 0.138 e. The van der Waals surface area contributed by atoms with Gasteiger partial charge in [-0.2, -0.15) is 0 Å². The molecule has 3 aliphatic rings. The van der Waals surface area contributed by atoms with Gasteiger partial charge in [0.25, 0.3) is 0 Å². The first-order valence-corrected chi connectivity index (χ1v) is 9.80. The normalized spacial score (nSPS) is 30.2. The van der Waals surface area contributed by atoms with E-state index in [4.69, 9.17) is 14.2 Å². The molecule has 24 heavy (non-hydrogen) atoms. The molecule has 5 rings (SSSR count). The molecule has 2 saturated heterocycles. The van der Waals surface area contributed by atoms with Crippen LogP contribution in [0.25, 0.3) is 0 Å². The van der Waals surface area contributed by atoms with E-state index in [1.54, 1.807) is 11.3 Å². The predicted molar refractivity (Wildman–Crippen MR) is 91.1 cm³/mol. The summed E-state index contributed by atoms with van der Waals surface area (Å²) in [5, 5.41) is 7.51. The van der Waals surface area contributed by atoms with E-state index in [0.717, 1.165) is 43.4 Å². The lowest BCUT2D eigenvalue weighted by Crippen LogP contribution is -2.24. The highest BCUT2D eigenvalue weighted by Crippen LogP contribution is 2.45. The van der Waals surface area contributed by atoms with E-state index in [9.17, 15) is 0 Å². The summed E-state index contributed by atoms with van der Waals surface area (Å²) in [5.74, 6) is 2.31. The zero-order valence-corrected chi connectivity index (χ0v) is 15.0. The summed E-state index contributed by atoms with van der Waals surface area (Å²) in [6.07, 6.45) is 4.32. The molecule has 0 amide bonds. The number of likely N-dealkylation sites (tertiary alicyclic amines) is 1. The van der Waals surface area contributed by atoms with Gasteiger partial charge in [-0.1, -0.05) is 5.16 Å². The van der Waals surface area contributed by atoms with Crippen LogP contribution in [0.5, 0.6) is 0 Å². The number of hydrogen-bond acceptors (Lipinski definition) is 6. The largest absolute Gasteiger partial charge is 0.366 e. The van der Waals surface area contributed by atoms with Crippen LogP contribution >= 0.6 is 11.3 Å². The third-order valence-corrected chi connectivity index (χ3v) is 6.64. The van der Waals surface area contributed by atoms with E-state index in [-0.39, 0.29) is 6.10 Å². The minimum atomic E-state index is 0.221. The average molecular weight is 345 g/mol. The molecular formula is C18H23N3O2S. The van der Waals surface area contributed by atoms with Crippen molar-refractivity contribution in [2.75, 3.05) is 13.1 Å². The molecule has 1 aliphatic carbocycles. The Bertz CT molecular complexity index is 718.